The predicted octanol–water partition coefficient (Wildman–Crippen LogP) is 3.94. The molecule has 0 N–H and O–H groups in total. The molecule has 0 aliphatic carbocycles. The SMILES string of the molecule is CC(C)c1nc(C(F)(F)F)c(Cl)s1. The van der Waals surface area contributed by atoms with E-state index in [0.717, 1.165) is 11.3 Å². The van der Waals surface area contributed by atoms with Crippen LogP contribution in [0.3, 0.4) is 0 Å². The van der Waals surface area contributed by atoms with Gasteiger partial charge in [-0.15, -0.1) is 11.3 Å². The molecule has 0 saturated heterocycles. The quantitative estimate of drug-likeness (QED) is 0.711. The van der Waals surface area contributed by atoms with Crippen molar-refractivity contribution in [3.8, 4) is 0 Å². The molecule has 0 aliphatic rings. The summed E-state index contributed by atoms with van der Waals surface area (Å²) in [6.45, 7) is 3.55. The summed E-state index contributed by atoms with van der Waals surface area (Å²) in [6.07, 6.45) is -4.44. The van der Waals surface area contributed by atoms with E-state index >= 15 is 0 Å². The zero-order valence-electron chi connectivity index (χ0n) is 6.94. The molecule has 0 aliphatic heterocycles. The summed E-state index contributed by atoms with van der Waals surface area (Å²) < 4.78 is 36.3. The topological polar surface area (TPSA) is 12.9 Å². The van der Waals surface area contributed by atoms with Gasteiger partial charge in [0.1, 0.15) is 4.34 Å². The van der Waals surface area contributed by atoms with Crippen molar-refractivity contribution in [1.29, 1.82) is 0 Å². The van der Waals surface area contributed by atoms with Gasteiger partial charge in [0, 0.05) is 5.92 Å². The zero-order chi connectivity index (χ0) is 10.2. The second-order valence-corrected chi connectivity index (χ2v) is 4.46. The first-order valence-corrected chi connectivity index (χ1v) is 4.75. The molecule has 0 radical (unpaired) electrons. The second-order valence-electron chi connectivity index (χ2n) is 2.83. The Morgan fingerprint density at radius 3 is 2.15 bits per heavy atom. The third kappa shape index (κ3) is 2.34. The van der Waals surface area contributed by atoms with Crippen molar-refractivity contribution in [1.82, 2.24) is 4.98 Å². The van der Waals surface area contributed by atoms with Crippen LogP contribution in [0.15, 0.2) is 0 Å². The smallest absolute Gasteiger partial charge is 0.235 e. The summed E-state index contributed by atoms with van der Waals surface area (Å²) in [5.41, 5.74) is -0.970. The van der Waals surface area contributed by atoms with Crippen LogP contribution in [0.5, 0.6) is 0 Å². The first-order valence-electron chi connectivity index (χ1n) is 3.55. The molecule has 1 nitrogen and oxygen atoms in total. The Hall–Kier alpha value is -0.290. The lowest BCUT2D eigenvalue weighted by atomic mass is 10.2. The summed E-state index contributed by atoms with van der Waals surface area (Å²) >= 11 is 6.29. The third-order valence-electron chi connectivity index (χ3n) is 1.36. The van der Waals surface area contributed by atoms with Gasteiger partial charge in [-0.25, -0.2) is 4.98 Å². The van der Waals surface area contributed by atoms with Gasteiger partial charge in [0.15, 0.2) is 5.69 Å². The fourth-order valence-corrected chi connectivity index (χ4v) is 1.94. The average molecular weight is 230 g/mol. The molecule has 74 valence electrons. The van der Waals surface area contributed by atoms with Crippen LogP contribution in [0.25, 0.3) is 0 Å². The number of alkyl halides is 3. The minimum absolute atomic E-state index is 0.0291. The van der Waals surface area contributed by atoms with E-state index in [1.807, 2.05) is 0 Å². The molecule has 0 atom stereocenters. The highest BCUT2D eigenvalue weighted by molar-refractivity contribution is 7.16. The predicted molar refractivity (Wildman–Crippen MR) is 46.2 cm³/mol. The van der Waals surface area contributed by atoms with Gasteiger partial charge in [-0.3, -0.25) is 0 Å². The van der Waals surface area contributed by atoms with Gasteiger partial charge < -0.3 is 0 Å². The third-order valence-corrected chi connectivity index (χ3v) is 2.92. The van der Waals surface area contributed by atoms with Crippen LogP contribution in [-0.4, -0.2) is 4.98 Å². The van der Waals surface area contributed by atoms with Crippen LogP contribution >= 0.6 is 22.9 Å². The van der Waals surface area contributed by atoms with Crippen molar-refractivity contribution in [2.45, 2.75) is 25.9 Å². The molecule has 1 rings (SSSR count). The van der Waals surface area contributed by atoms with Crippen molar-refractivity contribution in [2.75, 3.05) is 0 Å². The normalized spacial score (nSPS) is 12.5. The fourth-order valence-electron chi connectivity index (χ4n) is 0.739. The maximum Gasteiger partial charge on any atom is 0.435 e. The lowest BCUT2D eigenvalue weighted by Gasteiger charge is -2.01. The zero-order valence-corrected chi connectivity index (χ0v) is 8.52. The average Bonchev–Trinajstić information content (AvgIpc) is 2.29. The number of rotatable bonds is 1. The Bertz CT molecular complexity index is 305. The van der Waals surface area contributed by atoms with E-state index in [4.69, 9.17) is 11.6 Å². The number of thiazole rings is 1. The van der Waals surface area contributed by atoms with Crippen LogP contribution in [0.2, 0.25) is 4.34 Å². The van der Waals surface area contributed by atoms with Crippen molar-refractivity contribution in [3.63, 3.8) is 0 Å². The van der Waals surface area contributed by atoms with E-state index in [1.54, 1.807) is 13.8 Å². The first kappa shape index (κ1) is 10.8. The molecule has 0 spiro atoms. The van der Waals surface area contributed by atoms with Gasteiger partial charge in [0.2, 0.25) is 0 Å². The lowest BCUT2D eigenvalue weighted by Crippen LogP contribution is -2.06. The maximum atomic E-state index is 12.2. The number of hydrogen-bond acceptors (Lipinski definition) is 2. The molecule has 0 aromatic carbocycles. The van der Waals surface area contributed by atoms with Crippen LogP contribution in [0.4, 0.5) is 13.2 Å². The minimum atomic E-state index is -4.44. The van der Waals surface area contributed by atoms with Crippen molar-refractivity contribution in [3.05, 3.63) is 15.0 Å². The molecule has 6 heteroatoms. The molecule has 0 unspecified atom stereocenters. The van der Waals surface area contributed by atoms with Gasteiger partial charge in [-0.05, 0) is 0 Å². The van der Waals surface area contributed by atoms with E-state index in [2.05, 4.69) is 4.98 Å². The summed E-state index contributed by atoms with van der Waals surface area (Å²) in [6, 6.07) is 0. The molecule has 0 fully saturated rings. The standard InChI is InChI=1S/C7H7ClF3NS/c1-3(2)6-12-4(5(8)13-6)7(9,10)11/h3H,1-2H3. The van der Waals surface area contributed by atoms with Crippen LogP contribution < -0.4 is 0 Å². The van der Waals surface area contributed by atoms with E-state index < -0.39 is 11.9 Å². The summed E-state index contributed by atoms with van der Waals surface area (Å²) in [7, 11) is 0. The number of hydrogen-bond donors (Lipinski definition) is 0. The number of aromatic nitrogens is 1. The van der Waals surface area contributed by atoms with Gasteiger partial charge in [0.05, 0.1) is 5.01 Å². The summed E-state index contributed by atoms with van der Waals surface area (Å²) in [5, 5.41) is 0.414. The molecule has 0 amide bonds. The molecule has 1 aromatic heterocycles. The highest BCUT2D eigenvalue weighted by atomic mass is 35.5. The molecule has 0 bridgehead atoms. The van der Waals surface area contributed by atoms with Gasteiger partial charge in [-0.1, -0.05) is 25.4 Å². The Labute approximate surface area is 82.6 Å². The van der Waals surface area contributed by atoms with Gasteiger partial charge >= 0.3 is 6.18 Å². The largest absolute Gasteiger partial charge is 0.435 e. The van der Waals surface area contributed by atoms with Crippen LogP contribution in [0.1, 0.15) is 30.5 Å². The van der Waals surface area contributed by atoms with Gasteiger partial charge in [-0.2, -0.15) is 13.2 Å². The van der Waals surface area contributed by atoms with E-state index in [0.29, 0.717) is 5.01 Å². The van der Waals surface area contributed by atoms with Crippen molar-refractivity contribution < 1.29 is 13.2 Å². The van der Waals surface area contributed by atoms with Gasteiger partial charge in [0.25, 0.3) is 0 Å². The summed E-state index contributed by atoms with van der Waals surface area (Å²) in [5.74, 6) is -0.0291. The minimum Gasteiger partial charge on any atom is -0.235 e. The lowest BCUT2D eigenvalue weighted by molar-refractivity contribution is -0.140. The monoisotopic (exact) mass is 229 g/mol. The highest BCUT2D eigenvalue weighted by Crippen LogP contribution is 2.38. The van der Waals surface area contributed by atoms with E-state index in [1.165, 1.54) is 0 Å². The Kier molecular flexibility index (Phi) is 2.87. The van der Waals surface area contributed by atoms with Crippen LogP contribution in [-0.2, 0) is 6.18 Å². The number of nitrogens with zero attached hydrogens (tertiary/aromatic N) is 1. The molecular formula is C7H7ClF3NS. The van der Waals surface area contributed by atoms with Crippen LogP contribution in [0, 0.1) is 0 Å². The molecular weight excluding hydrogens is 223 g/mol. The highest BCUT2D eigenvalue weighted by Gasteiger charge is 2.37. The Morgan fingerprint density at radius 1 is 1.38 bits per heavy atom. The molecule has 0 saturated carbocycles. The maximum absolute atomic E-state index is 12.2. The molecule has 13 heavy (non-hydrogen) atoms. The second kappa shape index (κ2) is 3.46. The summed E-state index contributed by atoms with van der Waals surface area (Å²) in [4.78, 5) is 3.44. The fraction of sp³-hybridized carbons (Fsp3) is 0.571. The Morgan fingerprint density at radius 2 is 1.92 bits per heavy atom. The van der Waals surface area contributed by atoms with E-state index in [9.17, 15) is 13.2 Å². The van der Waals surface area contributed by atoms with E-state index in [-0.39, 0.29) is 10.3 Å². The molecule has 1 aromatic rings. The molecule has 1 heterocycles. The number of halogens is 4. The van der Waals surface area contributed by atoms with Crippen molar-refractivity contribution >= 4 is 22.9 Å². The Balaban J connectivity index is 3.11. The van der Waals surface area contributed by atoms with Crippen molar-refractivity contribution in [2.24, 2.45) is 0 Å². The first-order chi connectivity index (χ1) is 5.82.